The predicted octanol–water partition coefficient (Wildman–Crippen LogP) is 2.30. The summed E-state index contributed by atoms with van der Waals surface area (Å²) < 4.78 is 6.36. The van der Waals surface area contributed by atoms with E-state index < -0.39 is 6.04 Å². The Bertz CT molecular complexity index is 631. The zero-order chi connectivity index (χ0) is 13.8. The van der Waals surface area contributed by atoms with Gasteiger partial charge in [0.05, 0.1) is 13.2 Å². The molecule has 0 aliphatic heterocycles. The summed E-state index contributed by atoms with van der Waals surface area (Å²) in [4.78, 5) is 24.4. The summed E-state index contributed by atoms with van der Waals surface area (Å²) in [6.45, 7) is 1.70. The summed E-state index contributed by atoms with van der Waals surface area (Å²) in [7, 11) is 1.44. The maximum Gasteiger partial charge on any atom is 0.293 e. The lowest BCUT2D eigenvalue weighted by Gasteiger charge is -2.14. The smallest absolute Gasteiger partial charge is 0.293 e. The second-order valence-electron chi connectivity index (χ2n) is 4.20. The first-order valence-corrected chi connectivity index (χ1v) is 5.99. The number of pyridine rings is 1. The van der Waals surface area contributed by atoms with Crippen LogP contribution in [0.3, 0.4) is 0 Å². The van der Waals surface area contributed by atoms with Gasteiger partial charge in [0, 0.05) is 11.8 Å². The molecule has 0 aliphatic carbocycles. The summed E-state index contributed by atoms with van der Waals surface area (Å²) in [5.74, 6) is 0.131. The third-order valence-electron chi connectivity index (χ3n) is 3.01. The van der Waals surface area contributed by atoms with E-state index in [9.17, 15) is 9.59 Å². The van der Waals surface area contributed by atoms with E-state index in [1.54, 1.807) is 49.5 Å². The van der Waals surface area contributed by atoms with Gasteiger partial charge in [-0.25, -0.2) is 0 Å². The largest absolute Gasteiger partial charge is 0.491 e. The molecular formula is C15H15NO3. The number of ketones is 1. The molecule has 0 saturated heterocycles. The number of hydrogen-bond acceptors (Lipinski definition) is 3. The molecule has 2 aromatic rings. The Hall–Kier alpha value is -2.36. The van der Waals surface area contributed by atoms with Crippen LogP contribution in [0.1, 0.15) is 23.3 Å². The first kappa shape index (κ1) is 13.1. The van der Waals surface area contributed by atoms with Crippen molar-refractivity contribution >= 4 is 5.78 Å². The minimum Gasteiger partial charge on any atom is -0.491 e. The number of aromatic nitrogens is 1. The number of methoxy groups -OCH3 is 1. The van der Waals surface area contributed by atoms with Gasteiger partial charge in [-0.15, -0.1) is 0 Å². The molecule has 1 unspecified atom stereocenters. The van der Waals surface area contributed by atoms with E-state index in [0.717, 1.165) is 0 Å². The number of carbonyl (C=O) groups excluding carboxylic acids is 1. The molecule has 0 bridgehead atoms. The summed E-state index contributed by atoms with van der Waals surface area (Å²) >= 11 is 0. The Kier molecular flexibility index (Phi) is 3.80. The predicted molar refractivity (Wildman–Crippen MR) is 72.7 cm³/mol. The summed E-state index contributed by atoms with van der Waals surface area (Å²) in [6, 6.07) is 11.6. The third kappa shape index (κ3) is 2.57. The molecule has 0 radical (unpaired) electrons. The molecule has 1 atom stereocenters. The van der Waals surface area contributed by atoms with Crippen LogP contribution < -0.4 is 10.3 Å². The van der Waals surface area contributed by atoms with Gasteiger partial charge < -0.3 is 9.30 Å². The molecule has 0 aliphatic rings. The number of Topliss-reactive ketones (excluding diaryl/α,β-unsaturated/α-hetero) is 1. The van der Waals surface area contributed by atoms with E-state index in [0.29, 0.717) is 5.56 Å². The van der Waals surface area contributed by atoms with E-state index in [4.69, 9.17) is 4.74 Å². The van der Waals surface area contributed by atoms with Gasteiger partial charge >= 0.3 is 0 Å². The van der Waals surface area contributed by atoms with Crippen molar-refractivity contribution in [1.29, 1.82) is 0 Å². The van der Waals surface area contributed by atoms with E-state index in [-0.39, 0.29) is 17.1 Å². The number of ether oxygens (including phenoxy) is 1. The molecule has 0 spiro atoms. The Morgan fingerprint density at radius 1 is 1.16 bits per heavy atom. The van der Waals surface area contributed by atoms with E-state index >= 15 is 0 Å². The molecule has 0 fully saturated rings. The van der Waals surface area contributed by atoms with Gasteiger partial charge in [0.15, 0.2) is 11.5 Å². The van der Waals surface area contributed by atoms with Crippen LogP contribution in [0.4, 0.5) is 0 Å². The molecule has 4 nitrogen and oxygen atoms in total. The molecule has 0 saturated carbocycles. The van der Waals surface area contributed by atoms with Crippen molar-refractivity contribution in [3.05, 3.63) is 64.6 Å². The van der Waals surface area contributed by atoms with Crippen molar-refractivity contribution < 1.29 is 9.53 Å². The lowest BCUT2D eigenvalue weighted by atomic mass is 10.1. The van der Waals surface area contributed by atoms with Crippen LogP contribution in [0.25, 0.3) is 0 Å². The van der Waals surface area contributed by atoms with Crippen LogP contribution in [0.15, 0.2) is 53.5 Å². The number of nitrogens with zero attached hydrogens (tertiary/aromatic N) is 1. The average molecular weight is 257 g/mol. The normalized spacial score (nSPS) is 11.9. The summed E-state index contributed by atoms with van der Waals surface area (Å²) in [5, 5.41) is 0. The highest BCUT2D eigenvalue weighted by Gasteiger charge is 2.18. The van der Waals surface area contributed by atoms with Crippen molar-refractivity contribution in [2.24, 2.45) is 0 Å². The minimum absolute atomic E-state index is 0.101. The lowest BCUT2D eigenvalue weighted by Crippen LogP contribution is -2.28. The van der Waals surface area contributed by atoms with Gasteiger partial charge in [-0.2, -0.15) is 0 Å². The number of carbonyl (C=O) groups is 1. The van der Waals surface area contributed by atoms with Crippen molar-refractivity contribution in [2.75, 3.05) is 7.11 Å². The van der Waals surface area contributed by atoms with E-state index in [1.807, 2.05) is 6.07 Å². The lowest BCUT2D eigenvalue weighted by molar-refractivity contribution is 0.0932. The zero-order valence-corrected chi connectivity index (χ0v) is 10.9. The fourth-order valence-corrected chi connectivity index (χ4v) is 1.92. The maximum atomic E-state index is 12.3. The Balaban J connectivity index is 2.38. The highest BCUT2D eigenvalue weighted by atomic mass is 16.5. The van der Waals surface area contributed by atoms with Crippen LogP contribution in [-0.2, 0) is 0 Å². The van der Waals surface area contributed by atoms with Crippen molar-refractivity contribution in [1.82, 2.24) is 4.57 Å². The second-order valence-corrected chi connectivity index (χ2v) is 4.20. The highest BCUT2D eigenvalue weighted by Crippen LogP contribution is 2.13. The molecule has 98 valence electrons. The van der Waals surface area contributed by atoms with Gasteiger partial charge in [-0.1, -0.05) is 30.3 Å². The molecule has 0 amide bonds. The van der Waals surface area contributed by atoms with Crippen molar-refractivity contribution in [3.8, 4) is 5.75 Å². The summed E-state index contributed by atoms with van der Waals surface area (Å²) in [5.41, 5.74) is 0.284. The van der Waals surface area contributed by atoms with Gasteiger partial charge in [0.25, 0.3) is 5.56 Å². The monoisotopic (exact) mass is 257 g/mol. The van der Waals surface area contributed by atoms with Crippen LogP contribution in [0.5, 0.6) is 5.75 Å². The van der Waals surface area contributed by atoms with Gasteiger partial charge in [0.2, 0.25) is 0 Å². The van der Waals surface area contributed by atoms with Gasteiger partial charge in [0.1, 0.15) is 0 Å². The topological polar surface area (TPSA) is 48.3 Å². The molecular weight excluding hydrogens is 242 g/mol. The molecule has 1 aromatic heterocycles. The quantitative estimate of drug-likeness (QED) is 0.790. The Labute approximate surface area is 111 Å². The van der Waals surface area contributed by atoms with Crippen molar-refractivity contribution in [2.45, 2.75) is 13.0 Å². The number of hydrogen-bond donors (Lipinski definition) is 0. The second kappa shape index (κ2) is 5.52. The number of benzene rings is 1. The van der Waals surface area contributed by atoms with Crippen LogP contribution in [-0.4, -0.2) is 17.5 Å². The third-order valence-corrected chi connectivity index (χ3v) is 3.01. The Morgan fingerprint density at radius 2 is 1.84 bits per heavy atom. The van der Waals surface area contributed by atoms with Gasteiger partial charge in [-0.05, 0) is 19.1 Å². The molecule has 1 heterocycles. The highest BCUT2D eigenvalue weighted by molar-refractivity contribution is 5.98. The van der Waals surface area contributed by atoms with E-state index in [1.165, 1.54) is 11.7 Å². The maximum absolute atomic E-state index is 12.3. The zero-order valence-electron chi connectivity index (χ0n) is 10.9. The average Bonchev–Trinajstić information content (AvgIpc) is 2.47. The first-order chi connectivity index (χ1) is 9.15. The van der Waals surface area contributed by atoms with Gasteiger partial charge in [-0.3, -0.25) is 9.59 Å². The standard InChI is InChI=1S/C15H15NO3/c1-11(14(17)12-7-4-3-5-8-12)16-10-6-9-13(19-2)15(16)18/h3-11H,1-2H3. The first-order valence-electron chi connectivity index (χ1n) is 5.99. The molecule has 4 heteroatoms. The fourth-order valence-electron chi connectivity index (χ4n) is 1.92. The van der Waals surface area contributed by atoms with Crippen molar-refractivity contribution in [3.63, 3.8) is 0 Å². The SMILES string of the molecule is COc1cccn(C(C)C(=O)c2ccccc2)c1=O. The summed E-state index contributed by atoms with van der Waals surface area (Å²) in [6.07, 6.45) is 1.59. The minimum atomic E-state index is -0.565. The molecule has 2 rings (SSSR count). The molecule has 1 aromatic carbocycles. The van der Waals surface area contributed by atoms with Crippen LogP contribution in [0, 0.1) is 0 Å². The Morgan fingerprint density at radius 3 is 2.47 bits per heavy atom. The van der Waals surface area contributed by atoms with E-state index in [2.05, 4.69) is 0 Å². The van der Waals surface area contributed by atoms with Crippen LogP contribution in [0.2, 0.25) is 0 Å². The molecule has 0 N–H and O–H groups in total. The fraction of sp³-hybridized carbons (Fsp3) is 0.200. The molecule has 19 heavy (non-hydrogen) atoms. The number of rotatable bonds is 4. The van der Waals surface area contributed by atoms with Crippen LogP contribution >= 0.6 is 0 Å².